The van der Waals surface area contributed by atoms with Crippen LogP contribution >= 0.6 is 11.8 Å². The number of hydrogen-bond donors (Lipinski definition) is 0. The fourth-order valence-electron chi connectivity index (χ4n) is 0.880. The number of thioether (sulfide) groups is 1. The van der Waals surface area contributed by atoms with Gasteiger partial charge in [0, 0.05) is 0 Å². The van der Waals surface area contributed by atoms with E-state index in [1.807, 2.05) is 0 Å². The van der Waals surface area contributed by atoms with Crippen molar-refractivity contribution in [2.45, 2.75) is 16.2 Å². The highest BCUT2D eigenvalue weighted by molar-refractivity contribution is 7.98. The molecule has 1 aromatic heterocycles. The Kier molecular flexibility index (Phi) is 5.51. The largest absolute Gasteiger partial charge is 0.534 e. The quantitative estimate of drug-likeness (QED) is 0.230. The van der Waals surface area contributed by atoms with E-state index in [-0.39, 0.29) is 6.07 Å². The minimum absolute atomic E-state index is 0.0340. The van der Waals surface area contributed by atoms with Gasteiger partial charge in [0.15, 0.2) is 5.16 Å². The van der Waals surface area contributed by atoms with E-state index < -0.39 is 48.2 Å². The Morgan fingerprint density at radius 1 is 0.875 bits per heavy atom. The molecule has 0 amide bonds. The van der Waals surface area contributed by atoms with Gasteiger partial charge in [-0.3, -0.25) is 0 Å². The van der Waals surface area contributed by atoms with Crippen molar-refractivity contribution in [3.8, 4) is 11.8 Å². The van der Waals surface area contributed by atoms with E-state index in [4.69, 9.17) is 0 Å². The molecule has 0 aliphatic heterocycles. The first-order valence-electron chi connectivity index (χ1n) is 5.03. The van der Waals surface area contributed by atoms with Crippen LogP contribution in [-0.2, 0) is 20.2 Å². The van der Waals surface area contributed by atoms with Crippen molar-refractivity contribution in [1.82, 2.24) is 9.97 Å². The highest BCUT2D eigenvalue weighted by Gasteiger charge is 2.50. The first-order chi connectivity index (χ1) is 10.6. The number of alkyl halides is 6. The zero-order valence-corrected chi connectivity index (χ0v) is 13.4. The lowest BCUT2D eigenvalue weighted by Gasteiger charge is -2.11. The van der Waals surface area contributed by atoms with Crippen LogP contribution in [0.25, 0.3) is 0 Å². The minimum Gasteiger partial charge on any atom is -0.355 e. The summed E-state index contributed by atoms with van der Waals surface area (Å²) in [6.07, 6.45) is 1.21. The van der Waals surface area contributed by atoms with Gasteiger partial charge >= 0.3 is 31.3 Å². The smallest absolute Gasteiger partial charge is 0.355 e. The summed E-state index contributed by atoms with van der Waals surface area (Å²) in [5, 5.41) is -0.614. The van der Waals surface area contributed by atoms with Gasteiger partial charge in [-0.1, -0.05) is 11.8 Å². The maximum absolute atomic E-state index is 12.2. The first kappa shape index (κ1) is 20.6. The van der Waals surface area contributed by atoms with E-state index in [0.29, 0.717) is 11.8 Å². The number of halogens is 6. The molecule has 0 N–H and O–H groups in total. The molecule has 0 aliphatic rings. The van der Waals surface area contributed by atoms with Crippen molar-refractivity contribution in [2.24, 2.45) is 0 Å². The molecule has 1 rings (SSSR count). The van der Waals surface area contributed by atoms with Crippen molar-refractivity contribution >= 4 is 32.0 Å². The molecule has 1 aromatic rings. The monoisotopic (exact) mass is 422 g/mol. The molecular weight excluding hydrogens is 418 g/mol. The van der Waals surface area contributed by atoms with E-state index in [1.165, 1.54) is 6.26 Å². The van der Waals surface area contributed by atoms with E-state index in [2.05, 4.69) is 18.3 Å². The third-order valence-electron chi connectivity index (χ3n) is 1.80. The second-order valence-electron chi connectivity index (χ2n) is 3.50. The third kappa shape index (κ3) is 4.76. The predicted octanol–water partition coefficient (Wildman–Crippen LogP) is 1.66. The lowest BCUT2D eigenvalue weighted by molar-refractivity contribution is -0.0503. The molecule has 8 nitrogen and oxygen atoms in total. The van der Waals surface area contributed by atoms with Crippen LogP contribution in [0.2, 0.25) is 0 Å². The number of aromatic nitrogens is 2. The normalized spacial score (nSPS) is 13.6. The maximum atomic E-state index is 12.2. The molecule has 0 fully saturated rings. The summed E-state index contributed by atoms with van der Waals surface area (Å²) < 4.78 is 124. The van der Waals surface area contributed by atoms with E-state index in [1.54, 1.807) is 0 Å². The Morgan fingerprint density at radius 3 is 1.46 bits per heavy atom. The van der Waals surface area contributed by atoms with Gasteiger partial charge in [0.1, 0.15) is 0 Å². The van der Waals surface area contributed by atoms with Gasteiger partial charge in [-0.05, 0) is 6.26 Å². The van der Waals surface area contributed by atoms with Gasteiger partial charge in [-0.25, -0.2) is 0 Å². The lowest BCUT2D eigenvalue weighted by atomic mass is 10.6. The van der Waals surface area contributed by atoms with Crippen molar-refractivity contribution < 1.29 is 51.5 Å². The van der Waals surface area contributed by atoms with Gasteiger partial charge in [-0.2, -0.15) is 53.1 Å². The molecule has 0 atom stereocenters. The summed E-state index contributed by atoms with van der Waals surface area (Å²) in [6.45, 7) is 0. The second kappa shape index (κ2) is 6.43. The zero-order valence-electron chi connectivity index (χ0n) is 10.9. The summed E-state index contributed by atoms with van der Waals surface area (Å²) in [5.74, 6) is -2.78. The van der Waals surface area contributed by atoms with Crippen LogP contribution in [0.5, 0.6) is 11.8 Å². The first-order valence-corrected chi connectivity index (χ1v) is 9.08. The Morgan fingerprint density at radius 2 is 1.21 bits per heavy atom. The zero-order chi connectivity index (χ0) is 19.0. The van der Waals surface area contributed by atoms with E-state index in [9.17, 15) is 43.2 Å². The number of rotatable bonds is 5. The van der Waals surface area contributed by atoms with Crippen LogP contribution in [0.3, 0.4) is 0 Å². The number of hydrogen-bond acceptors (Lipinski definition) is 9. The van der Waals surface area contributed by atoms with Gasteiger partial charge in [0.25, 0.3) is 0 Å². The molecule has 0 spiro atoms. The van der Waals surface area contributed by atoms with Crippen LogP contribution in [0.15, 0.2) is 11.2 Å². The van der Waals surface area contributed by atoms with Crippen LogP contribution in [0.1, 0.15) is 0 Å². The van der Waals surface area contributed by atoms with E-state index >= 15 is 0 Å². The summed E-state index contributed by atoms with van der Waals surface area (Å²) in [5.41, 5.74) is -11.7. The molecule has 24 heavy (non-hydrogen) atoms. The molecule has 0 unspecified atom stereocenters. The molecule has 1 heterocycles. The summed E-state index contributed by atoms with van der Waals surface area (Å²) in [4.78, 5) is 6.27. The average Bonchev–Trinajstić information content (AvgIpc) is 2.34. The summed E-state index contributed by atoms with van der Waals surface area (Å²) in [6, 6.07) is 0.0340. The molecule has 0 saturated heterocycles. The number of nitrogens with zero attached hydrogens (tertiary/aromatic N) is 2. The molecule has 138 valence electrons. The third-order valence-corrected chi connectivity index (χ3v) is 4.26. The van der Waals surface area contributed by atoms with Gasteiger partial charge in [0.2, 0.25) is 11.8 Å². The topological polar surface area (TPSA) is 113 Å². The van der Waals surface area contributed by atoms with Crippen molar-refractivity contribution in [3.05, 3.63) is 6.07 Å². The Balaban J connectivity index is 3.29. The fourth-order valence-corrected chi connectivity index (χ4v) is 2.05. The average molecular weight is 422 g/mol. The van der Waals surface area contributed by atoms with Gasteiger partial charge < -0.3 is 8.37 Å². The Bertz CT molecular complexity index is 754. The highest BCUT2D eigenvalue weighted by atomic mass is 32.2. The minimum atomic E-state index is -6.19. The lowest BCUT2D eigenvalue weighted by Crippen LogP contribution is -2.29. The van der Waals surface area contributed by atoms with E-state index in [0.717, 1.165) is 0 Å². The molecule has 0 bridgehead atoms. The predicted molar refractivity (Wildman–Crippen MR) is 65.0 cm³/mol. The van der Waals surface area contributed by atoms with Crippen LogP contribution < -0.4 is 8.37 Å². The standard InChI is InChI=1S/C7H4F6N2O6S3/c1-22-5-14-3(20-23(16,17)6(8,9)10)2-4(15-5)21-24(18,19)7(11,12)13/h2H,1H3. The SMILES string of the molecule is CSc1nc(OS(=O)(=O)C(F)(F)F)cc(OS(=O)(=O)C(F)(F)F)n1. The molecule has 0 radical (unpaired) electrons. The summed E-state index contributed by atoms with van der Waals surface area (Å²) >= 11 is 0.530. The second-order valence-corrected chi connectivity index (χ2v) is 7.35. The Labute approximate surface area is 134 Å². The molecule has 0 aliphatic carbocycles. The van der Waals surface area contributed by atoms with Crippen LogP contribution in [0.4, 0.5) is 26.3 Å². The van der Waals surface area contributed by atoms with Crippen molar-refractivity contribution in [1.29, 1.82) is 0 Å². The van der Waals surface area contributed by atoms with Crippen LogP contribution in [0, 0.1) is 0 Å². The highest BCUT2D eigenvalue weighted by Crippen LogP contribution is 2.31. The van der Waals surface area contributed by atoms with Crippen LogP contribution in [-0.4, -0.2) is 44.1 Å². The van der Waals surface area contributed by atoms with Gasteiger partial charge in [0.05, 0.1) is 6.07 Å². The Hall–Kier alpha value is -1.49. The van der Waals surface area contributed by atoms with Crippen molar-refractivity contribution in [2.75, 3.05) is 6.26 Å². The fraction of sp³-hybridized carbons (Fsp3) is 0.429. The maximum Gasteiger partial charge on any atom is 0.534 e. The molecule has 0 saturated carbocycles. The summed E-state index contributed by atoms with van der Waals surface area (Å²) in [7, 11) is -12.4. The van der Waals surface area contributed by atoms with Gasteiger partial charge in [-0.15, -0.1) is 0 Å². The molecule has 17 heteroatoms. The molecular formula is C7H4F6N2O6S3. The van der Waals surface area contributed by atoms with Crippen molar-refractivity contribution in [3.63, 3.8) is 0 Å². The molecule has 0 aromatic carbocycles.